The van der Waals surface area contributed by atoms with Gasteiger partial charge in [-0.25, -0.2) is 0 Å². The fraction of sp³-hybridized carbons (Fsp3) is 0.714. The Bertz CT molecular complexity index is 450. The van der Waals surface area contributed by atoms with Crippen LogP contribution in [-0.2, 0) is 13.5 Å². The molecule has 106 valence electrons. The van der Waals surface area contributed by atoms with Crippen LogP contribution in [-0.4, -0.2) is 27.6 Å². The number of aromatic nitrogens is 2. The molecule has 0 spiro atoms. The molecule has 5 heteroatoms. The SMILES string of the molecule is CCc1nn(C)cc1C(=O)NCC1(CBr)CCCC1. The molecule has 1 N–H and O–H groups in total. The van der Waals surface area contributed by atoms with Gasteiger partial charge in [0.1, 0.15) is 0 Å². The number of carbonyl (C=O) groups is 1. The Balaban J connectivity index is 2.01. The molecule has 1 aliphatic carbocycles. The summed E-state index contributed by atoms with van der Waals surface area (Å²) >= 11 is 3.60. The number of alkyl halides is 1. The number of rotatable bonds is 5. The van der Waals surface area contributed by atoms with Crippen LogP contribution in [0.2, 0.25) is 0 Å². The second-order valence-electron chi connectivity index (χ2n) is 5.54. The first-order chi connectivity index (χ1) is 9.10. The van der Waals surface area contributed by atoms with Crippen molar-refractivity contribution in [2.45, 2.75) is 39.0 Å². The molecule has 4 nitrogen and oxygen atoms in total. The standard InChI is InChI=1S/C14H22BrN3O/c1-3-12-11(8-18(2)17-12)13(19)16-10-14(9-15)6-4-5-7-14/h8H,3-7,9-10H2,1-2H3,(H,16,19). The summed E-state index contributed by atoms with van der Waals surface area (Å²) in [6.07, 6.45) is 7.54. The molecule has 1 aromatic rings. The maximum atomic E-state index is 12.3. The highest BCUT2D eigenvalue weighted by Crippen LogP contribution is 2.38. The lowest BCUT2D eigenvalue weighted by Gasteiger charge is -2.26. The third-order valence-corrected chi connectivity index (χ3v) is 5.25. The molecule has 0 aliphatic heterocycles. The quantitative estimate of drug-likeness (QED) is 0.845. The fourth-order valence-corrected chi connectivity index (χ4v) is 3.59. The first-order valence-corrected chi connectivity index (χ1v) is 8.09. The molecular weight excluding hydrogens is 306 g/mol. The lowest BCUT2D eigenvalue weighted by atomic mass is 9.89. The van der Waals surface area contributed by atoms with Gasteiger partial charge in [-0.05, 0) is 24.7 Å². The topological polar surface area (TPSA) is 46.9 Å². The van der Waals surface area contributed by atoms with Crippen molar-refractivity contribution in [2.24, 2.45) is 12.5 Å². The molecule has 0 saturated heterocycles. The average molecular weight is 328 g/mol. The Morgan fingerprint density at radius 1 is 1.53 bits per heavy atom. The highest BCUT2D eigenvalue weighted by Gasteiger charge is 2.33. The van der Waals surface area contributed by atoms with Gasteiger partial charge in [-0.3, -0.25) is 9.48 Å². The molecule has 1 amide bonds. The number of aryl methyl sites for hydroxylation is 2. The summed E-state index contributed by atoms with van der Waals surface area (Å²) in [5.74, 6) is 0.0113. The molecule has 1 aromatic heterocycles. The van der Waals surface area contributed by atoms with Crippen LogP contribution in [0.1, 0.15) is 48.7 Å². The second-order valence-corrected chi connectivity index (χ2v) is 6.10. The van der Waals surface area contributed by atoms with Crippen LogP contribution in [0.3, 0.4) is 0 Å². The van der Waals surface area contributed by atoms with Crippen molar-refractivity contribution >= 4 is 21.8 Å². The average Bonchev–Trinajstić information content (AvgIpc) is 3.03. The number of amides is 1. The summed E-state index contributed by atoms with van der Waals surface area (Å²) in [6.45, 7) is 2.78. The monoisotopic (exact) mass is 327 g/mol. The van der Waals surface area contributed by atoms with E-state index in [4.69, 9.17) is 0 Å². The molecule has 0 radical (unpaired) electrons. The molecule has 1 aliphatic rings. The first-order valence-electron chi connectivity index (χ1n) is 6.97. The lowest BCUT2D eigenvalue weighted by molar-refractivity contribution is 0.0934. The van der Waals surface area contributed by atoms with Gasteiger partial charge in [-0.2, -0.15) is 5.10 Å². The summed E-state index contributed by atoms with van der Waals surface area (Å²) in [6, 6.07) is 0. The maximum Gasteiger partial charge on any atom is 0.254 e. The van der Waals surface area contributed by atoms with E-state index in [0.29, 0.717) is 5.56 Å². The smallest absolute Gasteiger partial charge is 0.254 e. The van der Waals surface area contributed by atoms with Gasteiger partial charge in [0.05, 0.1) is 11.3 Å². The number of hydrogen-bond donors (Lipinski definition) is 1. The van der Waals surface area contributed by atoms with Crippen LogP contribution in [0.5, 0.6) is 0 Å². The van der Waals surface area contributed by atoms with Crippen LogP contribution < -0.4 is 5.32 Å². The highest BCUT2D eigenvalue weighted by molar-refractivity contribution is 9.09. The Kier molecular flexibility index (Phi) is 4.66. The van der Waals surface area contributed by atoms with Gasteiger partial charge in [0.15, 0.2) is 0 Å². The van der Waals surface area contributed by atoms with Gasteiger partial charge >= 0.3 is 0 Å². The maximum absolute atomic E-state index is 12.3. The molecule has 0 atom stereocenters. The van der Waals surface area contributed by atoms with E-state index in [1.54, 1.807) is 4.68 Å². The van der Waals surface area contributed by atoms with Crippen LogP contribution in [0.25, 0.3) is 0 Å². The summed E-state index contributed by atoms with van der Waals surface area (Å²) in [4.78, 5) is 12.3. The zero-order valence-electron chi connectivity index (χ0n) is 11.7. The van der Waals surface area contributed by atoms with E-state index in [9.17, 15) is 4.79 Å². The summed E-state index contributed by atoms with van der Waals surface area (Å²) in [5.41, 5.74) is 1.84. The Labute approximate surface area is 123 Å². The largest absolute Gasteiger partial charge is 0.351 e. The van der Waals surface area contributed by atoms with E-state index in [1.807, 2.05) is 20.2 Å². The fourth-order valence-electron chi connectivity index (χ4n) is 2.83. The van der Waals surface area contributed by atoms with Gasteiger partial charge in [-0.15, -0.1) is 0 Å². The van der Waals surface area contributed by atoms with E-state index in [0.717, 1.165) is 24.0 Å². The van der Waals surface area contributed by atoms with E-state index in [-0.39, 0.29) is 11.3 Å². The van der Waals surface area contributed by atoms with E-state index >= 15 is 0 Å². The summed E-state index contributed by atoms with van der Waals surface area (Å²) in [5, 5.41) is 8.38. The first kappa shape index (κ1) is 14.6. The number of halogens is 1. The molecule has 0 bridgehead atoms. The predicted molar refractivity (Wildman–Crippen MR) is 79.6 cm³/mol. The zero-order chi connectivity index (χ0) is 13.9. The third-order valence-electron chi connectivity index (χ3n) is 4.06. The molecule has 2 rings (SSSR count). The lowest BCUT2D eigenvalue weighted by Crippen LogP contribution is -2.37. The number of nitrogens with zero attached hydrogens (tertiary/aromatic N) is 2. The molecular formula is C14H22BrN3O. The Morgan fingerprint density at radius 3 is 2.79 bits per heavy atom. The van der Waals surface area contributed by atoms with Gasteiger partial charge in [0, 0.05) is 25.1 Å². The molecule has 1 fully saturated rings. The molecule has 0 aromatic carbocycles. The molecule has 1 saturated carbocycles. The van der Waals surface area contributed by atoms with Gasteiger partial charge in [0.2, 0.25) is 0 Å². The van der Waals surface area contributed by atoms with Crippen LogP contribution in [0, 0.1) is 5.41 Å². The van der Waals surface area contributed by atoms with Crippen molar-refractivity contribution in [2.75, 3.05) is 11.9 Å². The van der Waals surface area contributed by atoms with Gasteiger partial charge in [-0.1, -0.05) is 35.7 Å². The van der Waals surface area contributed by atoms with Crippen molar-refractivity contribution < 1.29 is 4.79 Å². The second kappa shape index (κ2) is 6.07. The number of nitrogens with one attached hydrogen (secondary N) is 1. The third kappa shape index (κ3) is 3.19. The van der Waals surface area contributed by atoms with Crippen molar-refractivity contribution in [3.8, 4) is 0 Å². The van der Waals surface area contributed by atoms with Gasteiger partial charge in [0.25, 0.3) is 5.91 Å². The van der Waals surface area contributed by atoms with E-state index in [1.165, 1.54) is 25.7 Å². The highest BCUT2D eigenvalue weighted by atomic mass is 79.9. The minimum atomic E-state index is 0.0113. The van der Waals surface area contributed by atoms with Crippen LogP contribution >= 0.6 is 15.9 Å². The number of carbonyl (C=O) groups excluding carboxylic acids is 1. The zero-order valence-corrected chi connectivity index (χ0v) is 13.3. The van der Waals surface area contributed by atoms with Crippen molar-refractivity contribution in [3.63, 3.8) is 0 Å². The van der Waals surface area contributed by atoms with Gasteiger partial charge < -0.3 is 5.32 Å². The summed E-state index contributed by atoms with van der Waals surface area (Å²) in [7, 11) is 1.85. The van der Waals surface area contributed by atoms with Crippen molar-refractivity contribution in [3.05, 3.63) is 17.5 Å². The summed E-state index contributed by atoms with van der Waals surface area (Å²) < 4.78 is 1.71. The Hall–Kier alpha value is -0.840. The minimum absolute atomic E-state index is 0.0113. The molecule has 0 unspecified atom stereocenters. The van der Waals surface area contributed by atoms with Crippen molar-refractivity contribution in [1.82, 2.24) is 15.1 Å². The number of hydrogen-bond acceptors (Lipinski definition) is 2. The normalized spacial score (nSPS) is 17.6. The van der Waals surface area contributed by atoms with Crippen LogP contribution in [0.15, 0.2) is 6.20 Å². The van der Waals surface area contributed by atoms with E-state index in [2.05, 4.69) is 26.3 Å². The predicted octanol–water partition coefficient (Wildman–Crippen LogP) is 2.67. The van der Waals surface area contributed by atoms with Crippen LogP contribution in [0.4, 0.5) is 0 Å². The Morgan fingerprint density at radius 2 is 2.21 bits per heavy atom. The molecule has 1 heterocycles. The minimum Gasteiger partial charge on any atom is -0.351 e. The van der Waals surface area contributed by atoms with Crippen molar-refractivity contribution in [1.29, 1.82) is 0 Å². The van der Waals surface area contributed by atoms with E-state index < -0.39 is 0 Å². The molecule has 19 heavy (non-hydrogen) atoms.